The molecule has 0 spiro atoms. The smallest absolute Gasteiger partial charge is 0.411 e. The maximum Gasteiger partial charge on any atom is 0.411 e. The number of hydrogen-bond acceptors (Lipinski definition) is 7. The highest BCUT2D eigenvalue weighted by Crippen LogP contribution is 2.38. The van der Waals surface area contributed by atoms with Crippen LogP contribution in [0.4, 0.5) is 14.7 Å². The summed E-state index contributed by atoms with van der Waals surface area (Å²) < 4.78 is 10.7. The summed E-state index contributed by atoms with van der Waals surface area (Å²) in [7, 11) is 0. The molecule has 1 saturated heterocycles. The van der Waals surface area contributed by atoms with Crippen LogP contribution in [-0.2, 0) is 20.7 Å². The summed E-state index contributed by atoms with van der Waals surface area (Å²) >= 11 is 1.30. The third kappa shape index (κ3) is 4.61. The van der Waals surface area contributed by atoms with Crippen LogP contribution in [0.15, 0.2) is 0 Å². The highest BCUT2D eigenvalue weighted by atomic mass is 32.1. The van der Waals surface area contributed by atoms with Crippen LogP contribution in [0.3, 0.4) is 0 Å². The second-order valence-corrected chi connectivity index (χ2v) is 8.99. The Balaban J connectivity index is 1.73. The number of amides is 3. The zero-order valence-corrected chi connectivity index (χ0v) is 17.3. The molecule has 3 rings (SSSR count). The molecule has 10 heteroatoms. The zero-order valence-electron chi connectivity index (χ0n) is 16.5. The number of aromatic nitrogens is 1. The highest BCUT2D eigenvalue weighted by Gasteiger charge is 2.39. The summed E-state index contributed by atoms with van der Waals surface area (Å²) in [6.45, 7) is 8.32. The Morgan fingerprint density at radius 1 is 1.39 bits per heavy atom. The lowest BCUT2D eigenvalue weighted by Gasteiger charge is -2.37. The molecule has 2 aliphatic heterocycles. The van der Waals surface area contributed by atoms with Gasteiger partial charge in [0.2, 0.25) is 0 Å². The van der Waals surface area contributed by atoms with Gasteiger partial charge in [-0.05, 0) is 34.1 Å². The molecule has 3 atom stereocenters. The summed E-state index contributed by atoms with van der Waals surface area (Å²) in [5.74, 6) is 0. The number of rotatable bonds is 3. The number of nitrogens with one attached hydrogen (secondary N) is 2. The van der Waals surface area contributed by atoms with Gasteiger partial charge in [0.15, 0.2) is 5.13 Å². The molecule has 0 radical (unpaired) electrons. The van der Waals surface area contributed by atoms with Crippen LogP contribution >= 0.6 is 11.3 Å². The summed E-state index contributed by atoms with van der Waals surface area (Å²) in [6, 6.07) is -1.38. The zero-order chi connectivity index (χ0) is 20.5. The predicted molar refractivity (Wildman–Crippen MR) is 104 cm³/mol. The molecular weight excluding hydrogens is 384 g/mol. The first-order valence-electron chi connectivity index (χ1n) is 9.29. The number of hydrogen-bond donors (Lipinski definition) is 2. The molecule has 2 aliphatic rings. The Bertz CT molecular complexity index is 754. The van der Waals surface area contributed by atoms with E-state index in [0.717, 1.165) is 17.6 Å². The van der Waals surface area contributed by atoms with E-state index >= 15 is 0 Å². The number of carbonyl (C=O) groups excluding carboxylic acids is 3. The predicted octanol–water partition coefficient (Wildman–Crippen LogP) is 2.48. The van der Waals surface area contributed by atoms with Crippen molar-refractivity contribution in [3.63, 3.8) is 0 Å². The first kappa shape index (κ1) is 20.5. The third-order valence-electron chi connectivity index (χ3n) is 4.53. The van der Waals surface area contributed by atoms with E-state index in [1.54, 1.807) is 20.8 Å². The number of ether oxygens (including phenoxy) is 2. The van der Waals surface area contributed by atoms with Crippen LogP contribution in [0, 0.1) is 0 Å². The summed E-state index contributed by atoms with van der Waals surface area (Å²) in [5.41, 5.74) is 0.0568. The van der Waals surface area contributed by atoms with Gasteiger partial charge in [0.1, 0.15) is 11.9 Å². The molecule has 154 valence electrons. The van der Waals surface area contributed by atoms with Gasteiger partial charge in [0.25, 0.3) is 0 Å². The average molecular weight is 410 g/mol. The second-order valence-electron chi connectivity index (χ2n) is 7.96. The first-order chi connectivity index (χ1) is 13.2. The minimum absolute atomic E-state index is 0.00406. The molecule has 3 amide bonds. The fraction of sp³-hybridized carbons (Fsp3) is 0.667. The third-order valence-corrected chi connectivity index (χ3v) is 5.71. The Morgan fingerprint density at radius 3 is 2.75 bits per heavy atom. The van der Waals surface area contributed by atoms with Gasteiger partial charge in [-0.2, -0.15) is 0 Å². The number of aldehydes is 1. The second kappa shape index (κ2) is 8.04. The molecular formula is C18H26N4O5S. The van der Waals surface area contributed by atoms with Gasteiger partial charge < -0.3 is 19.6 Å². The summed E-state index contributed by atoms with van der Waals surface area (Å²) in [6.07, 6.45) is 1.27. The van der Waals surface area contributed by atoms with Crippen molar-refractivity contribution in [3.8, 4) is 0 Å². The molecule has 28 heavy (non-hydrogen) atoms. The fourth-order valence-corrected chi connectivity index (χ4v) is 4.33. The van der Waals surface area contributed by atoms with Crippen molar-refractivity contribution in [2.75, 3.05) is 18.5 Å². The number of fused-ring (bicyclic) bond motifs is 1. The molecule has 2 N–H and O–H groups in total. The minimum Gasteiger partial charge on any atom is -0.444 e. The molecule has 0 bridgehead atoms. The average Bonchev–Trinajstić information content (AvgIpc) is 3.22. The molecule has 3 heterocycles. The molecule has 0 aromatic carbocycles. The SMILES string of the molecule is C[C@H]1c2sc(NC(=O)N[C@@H]3CCOC3)nc2C[C@@H](C=O)N1C(=O)OC(C)(C)C. The maximum atomic E-state index is 12.6. The van der Waals surface area contributed by atoms with Crippen molar-refractivity contribution in [3.05, 3.63) is 10.6 Å². The fourth-order valence-electron chi connectivity index (χ4n) is 3.29. The quantitative estimate of drug-likeness (QED) is 0.741. The van der Waals surface area contributed by atoms with E-state index in [9.17, 15) is 14.4 Å². The van der Waals surface area contributed by atoms with Gasteiger partial charge >= 0.3 is 12.1 Å². The number of anilines is 1. The van der Waals surface area contributed by atoms with Gasteiger partial charge in [-0.1, -0.05) is 11.3 Å². The van der Waals surface area contributed by atoms with Crippen LogP contribution in [0.5, 0.6) is 0 Å². The Hall–Kier alpha value is -2.20. The Labute approximate surface area is 167 Å². The molecule has 1 aromatic heterocycles. The van der Waals surface area contributed by atoms with Crippen LogP contribution in [0.2, 0.25) is 0 Å². The summed E-state index contributed by atoms with van der Waals surface area (Å²) in [5, 5.41) is 6.02. The van der Waals surface area contributed by atoms with Crippen molar-refractivity contribution in [2.45, 2.75) is 64.3 Å². The molecule has 1 fully saturated rings. The lowest BCUT2D eigenvalue weighted by molar-refractivity contribution is -0.113. The van der Waals surface area contributed by atoms with Gasteiger partial charge in [0.05, 0.1) is 35.3 Å². The molecule has 0 aliphatic carbocycles. The number of thiazole rings is 1. The van der Waals surface area contributed by atoms with E-state index in [0.29, 0.717) is 30.5 Å². The van der Waals surface area contributed by atoms with Gasteiger partial charge in [-0.3, -0.25) is 10.2 Å². The Kier molecular flexibility index (Phi) is 5.90. The number of nitrogens with zero attached hydrogens (tertiary/aromatic N) is 2. The van der Waals surface area contributed by atoms with Gasteiger partial charge in [0, 0.05) is 13.0 Å². The molecule has 0 unspecified atom stereocenters. The maximum absolute atomic E-state index is 12.6. The Morgan fingerprint density at radius 2 is 2.14 bits per heavy atom. The number of urea groups is 1. The lowest BCUT2D eigenvalue weighted by Crippen LogP contribution is -2.48. The van der Waals surface area contributed by atoms with E-state index in [-0.39, 0.29) is 18.1 Å². The minimum atomic E-state index is -0.660. The molecule has 1 aromatic rings. The van der Waals surface area contributed by atoms with Crippen LogP contribution in [0.1, 0.15) is 50.7 Å². The largest absolute Gasteiger partial charge is 0.444 e. The van der Waals surface area contributed by atoms with Crippen molar-refractivity contribution >= 4 is 34.9 Å². The van der Waals surface area contributed by atoms with Crippen LogP contribution in [0.25, 0.3) is 0 Å². The van der Waals surface area contributed by atoms with Crippen molar-refractivity contribution < 1.29 is 23.9 Å². The van der Waals surface area contributed by atoms with Crippen LogP contribution < -0.4 is 10.6 Å². The van der Waals surface area contributed by atoms with E-state index in [4.69, 9.17) is 9.47 Å². The van der Waals surface area contributed by atoms with E-state index in [2.05, 4.69) is 15.6 Å². The monoisotopic (exact) mass is 410 g/mol. The molecule has 9 nitrogen and oxygen atoms in total. The highest BCUT2D eigenvalue weighted by molar-refractivity contribution is 7.16. The normalized spacial score (nSPS) is 24.4. The molecule has 0 saturated carbocycles. The van der Waals surface area contributed by atoms with Crippen molar-refractivity contribution in [1.29, 1.82) is 0 Å². The van der Waals surface area contributed by atoms with E-state index in [1.165, 1.54) is 16.2 Å². The van der Waals surface area contributed by atoms with Crippen LogP contribution in [-0.4, -0.2) is 59.2 Å². The van der Waals surface area contributed by atoms with Crippen molar-refractivity contribution in [1.82, 2.24) is 15.2 Å². The van der Waals surface area contributed by atoms with Gasteiger partial charge in [-0.25, -0.2) is 14.6 Å². The lowest BCUT2D eigenvalue weighted by atomic mass is 10.0. The van der Waals surface area contributed by atoms with E-state index < -0.39 is 17.7 Å². The topological polar surface area (TPSA) is 110 Å². The van der Waals surface area contributed by atoms with E-state index in [1.807, 2.05) is 6.92 Å². The standard InChI is InChI=1S/C18H26N4O5S/c1-10-14-13(7-12(8-23)22(10)17(25)27-18(2,3)4)20-16(28-14)21-15(24)19-11-5-6-26-9-11/h8,10-12H,5-7,9H2,1-4H3,(H2,19,20,21,24)/t10-,11+,12-/m0/s1. The summed E-state index contributed by atoms with van der Waals surface area (Å²) in [4.78, 5) is 43.1. The number of carbonyl (C=O) groups is 3. The van der Waals surface area contributed by atoms with Crippen molar-refractivity contribution in [2.24, 2.45) is 0 Å². The van der Waals surface area contributed by atoms with Gasteiger partial charge in [-0.15, -0.1) is 0 Å². The first-order valence-corrected chi connectivity index (χ1v) is 10.1.